The fraction of sp³-hybridized carbons (Fsp3) is 0.0714. The number of carbonyl (C=O) groups is 1. The van der Waals surface area contributed by atoms with Crippen LogP contribution in [0.2, 0.25) is 0 Å². The van der Waals surface area contributed by atoms with Crippen LogP contribution in [0.25, 0.3) is 0 Å². The molecule has 21 heavy (non-hydrogen) atoms. The standard InChI is InChI=1S/C14H9BrF3NO2/c15-9-4-12(18)13(5-11(9)17)19-6-8-3-7(14(20)21)1-2-10(8)16/h1-5,19H,6H2,(H,20,21). The van der Waals surface area contributed by atoms with Gasteiger partial charge >= 0.3 is 5.97 Å². The minimum Gasteiger partial charge on any atom is -0.478 e. The zero-order valence-electron chi connectivity index (χ0n) is 10.5. The van der Waals surface area contributed by atoms with E-state index in [-0.39, 0.29) is 27.8 Å². The first-order valence-electron chi connectivity index (χ1n) is 5.78. The van der Waals surface area contributed by atoms with Crippen LogP contribution in [0.3, 0.4) is 0 Å². The minimum atomic E-state index is -1.20. The van der Waals surface area contributed by atoms with Gasteiger partial charge in [0, 0.05) is 18.2 Å². The third-order valence-corrected chi connectivity index (χ3v) is 3.38. The summed E-state index contributed by atoms with van der Waals surface area (Å²) in [5.41, 5.74) is -0.191. The Morgan fingerprint density at radius 3 is 2.48 bits per heavy atom. The number of halogens is 4. The highest BCUT2D eigenvalue weighted by Crippen LogP contribution is 2.24. The number of rotatable bonds is 4. The Labute approximate surface area is 126 Å². The summed E-state index contributed by atoms with van der Waals surface area (Å²) in [5, 5.41) is 11.4. The van der Waals surface area contributed by atoms with Gasteiger partial charge in [-0.1, -0.05) is 0 Å². The summed E-state index contributed by atoms with van der Waals surface area (Å²) in [6, 6.07) is 5.15. The Bertz CT molecular complexity index is 707. The van der Waals surface area contributed by atoms with Crippen molar-refractivity contribution < 1.29 is 23.1 Å². The number of carboxylic acids is 1. The van der Waals surface area contributed by atoms with Crippen molar-refractivity contribution >= 4 is 27.6 Å². The van der Waals surface area contributed by atoms with Crippen LogP contribution in [-0.4, -0.2) is 11.1 Å². The van der Waals surface area contributed by atoms with Gasteiger partial charge in [-0.3, -0.25) is 0 Å². The van der Waals surface area contributed by atoms with Crippen LogP contribution in [0.5, 0.6) is 0 Å². The number of anilines is 1. The van der Waals surface area contributed by atoms with Crippen molar-refractivity contribution in [2.24, 2.45) is 0 Å². The van der Waals surface area contributed by atoms with Gasteiger partial charge < -0.3 is 10.4 Å². The largest absolute Gasteiger partial charge is 0.478 e. The lowest BCUT2D eigenvalue weighted by Crippen LogP contribution is -2.06. The van der Waals surface area contributed by atoms with Crippen LogP contribution in [0.1, 0.15) is 15.9 Å². The molecule has 0 atom stereocenters. The lowest BCUT2D eigenvalue weighted by molar-refractivity contribution is 0.0696. The molecule has 2 aromatic carbocycles. The summed E-state index contributed by atoms with van der Waals surface area (Å²) >= 11 is 2.85. The molecule has 0 aliphatic heterocycles. The molecule has 2 rings (SSSR count). The van der Waals surface area contributed by atoms with Gasteiger partial charge in [-0.05, 0) is 40.2 Å². The molecule has 0 spiro atoms. The Morgan fingerprint density at radius 2 is 1.81 bits per heavy atom. The summed E-state index contributed by atoms with van der Waals surface area (Å²) in [4.78, 5) is 10.8. The highest BCUT2D eigenvalue weighted by Gasteiger charge is 2.11. The van der Waals surface area contributed by atoms with Crippen LogP contribution in [0.15, 0.2) is 34.8 Å². The molecule has 0 fully saturated rings. The predicted octanol–water partition coefficient (Wildman–Crippen LogP) is 4.18. The van der Waals surface area contributed by atoms with Crippen LogP contribution in [0, 0.1) is 17.5 Å². The van der Waals surface area contributed by atoms with Gasteiger partial charge in [0.15, 0.2) is 0 Å². The Morgan fingerprint density at radius 1 is 1.10 bits per heavy atom. The molecule has 2 aromatic rings. The maximum absolute atomic E-state index is 13.6. The molecule has 0 bridgehead atoms. The van der Waals surface area contributed by atoms with E-state index in [0.29, 0.717) is 0 Å². The molecule has 0 heterocycles. The molecule has 0 saturated heterocycles. The fourth-order valence-electron chi connectivity index (χ4n) is 1.69. The average molecular weight is 360 g/mol. The highest BCUT2D eigenvalue weighted by atomic mass is 79.9. The molecular weight excluding hydrogens is 351 g/mol. The maximum Gasteiger partial charge on any atom is 0.335 e. The third kappa shape index (κ3) is 3.55. The van der Waals surface area contributed by atoms with Gasteiger partial charge in [-0.25, -0.2) is 18.0 Å². The highest BCUT2D eigenvalue weighted by molar-refractivity contribution is 9.10. The third-order valence-electron chi connectivity index (χ3n) is 2.77. The Balaban J connectivity index is 2.22. The van der Waals surface area contributed by atoms with E-state index in [4.69, 9.17) is 5.11 Å². The quantitative estimate of drug-likeness (QED) is 0.805. The number of carboxylic acid groups (broad SMARTS) is 1. The fourth-order valence-corrected chi connectivity index (χ4v) is 2.01. The SMILES string of the molecule is O=C(O)c1ccc(F)c(CNc2cc(F)c(Br)cc2F)c1. The summed E-state index contributed by atoms with van der Waals surface area (Å²) in [6.45, 7) is -0.176. The second kappa shape index (κ2) is 6.17. The number of benzene rings is 2. The molecule has 0 aliphatic rings. The van der Waals surface area contributed by atoms with Crippen molar-refractivity contribution in [3.63, 3.8) is 0 Å². The zero-order chi connectivity index (χ0) is 15.6. The number of hydrogen-bond acceptors (Lipinski definition) is 2. The van der Waals surface area contributed by atoms with E-state index < -0.39 is 23.4 Å². The summed E-state index contributed by atoms with van der Waals surface area (Å²) in [5.74, 6) is -3.21. The van der Waals surface area contributed by atoms with E-state index >= 15 is 0 Å². The molecule has 110 valence electrons. The summed E-state index contributed by atoms with van der Waals surface area (Å²) in [7, 11) is 0. The normalized spacial score (nSPS) is 10.5. The van der Waals surface area contributed by atoms with Crippen molar-refractivity contribution in [3.8, 4) is 0 Å². The Kier molecular flexibility index (Phi) is 4.52. The van der Waals surface area contributed by atoms with E-state index in [1.54, 1.807) is 0 Å². The molecular formula is C14H9BrF3NO2. The summed E-state index contributed by atoms with van der Waals surface area (Å²) in [6.07, 6.45) is 0. The van der Waals surface area contributed by atoms with E-state index in [2.05, 4.69) is 21.2 Å². The van der Waals surface area contributed by atoms with Crippen LogP contribution in [0.4, 0.5) is 18.9 Å². The second-order valence-corrected chi connectivity index (χ2v) is 5.07. The Hall–Kier alpha value is -2.02. The van der Waals surface area contributed by atoms with Crippen molar-refractivity contribution in [3.05, 3.63) is 63.4 Å². The van der Waals surface area contributed by atoms with E-state index in [1.165, 1.54) is 0 Å². The molecule has 2 N–H and O–H groups in total. The first kappa shape index (κ1) is 15.4. The lowest BCUT2D eigenvalue weighted by atomic mass is 10.1. The summed E-state index contributed by atoms with van der Waals surface area (Å²) < 4.78 is 40.5. The van der Waals surface area contributed by atoms with Gasteiger partial charge in [0.1, 0.15) is 17.5 Å². The van der Waals surface area contributed by atoms with Gasteiger partial charge in [0.2, 0.25) is 0 Å². The second-order valence-electron chi connectivity index (χ2n) is 4.21. The number of aromatic carboxylic acids is 1. The van der Waals surface area contributed by atoms with Crippen molar-refractivity contribution in [2.75, 3.05) is 5.32 Å². The first-order chi connectivity index (χ1) is 9.88. The predicted molar refractivity (Wildman–Crippen MR) is 74.7 cm³/mol. The molecule has 0 saturated carbocycles. The molecule has 0 amide bonds. The van der Waals surface area contributed by atoms with Crippen molar-refractivity contribution in [1.29, 1.82) is 0 Å². The van der Waals surface area contributed by atoms with Crippen molar-refractivity contribution in [1.82, 2.24) is 0 Å². The van der Waals surface area contributed by atoms with Crippen LogP contribution in [-0.2, 0) is 6.54 Å². The zero-order valence-corrected chi connectivity index (χ0v) is 12.0. The molecule has 0 radical (unpaired) electrons. The molecule has 0 aliphatic carbocycles. The molecule has 0 unspecified atom stereocenters. The van der Waals surface area contributed by atoms with Gasteiger partial charge in [-0.2, -0.15) is 0 Å². The molecule has 3 nitrogen and oxygen atoms in total. The van der Waals surface area contributed by atoms with Crippen molar-refractivity contribution in [2.45, 2.75) is 6.54 Å². The smallest absolute Gasteiger partial charge is 0.335 e. The van der Waals surface area contributed by atoms with Crippen LogP contribution >= 0.6 is 15.9 Å². The lowest BCUT2D eigenvalue weighted by Gasteiger charge is -2.10. The average Bonchev–Trinajstić information content (AvgIpc) is 2.42. The first-order valence-corrected chi connectivity index (χ1v) is 6.58. The molecule has 7 heteroatoms. The minimum absolute atomic E-state index is 0.0235. The monoisotopic (exact) mass is 359 g/mol. The molecule has 0 aromatic heterocycles. The number of hydrogen-bond donors (Lipinski definition) is 2. The van der Waals surface area contributed by atoms with E-state index in [0.717, 1.165) is 30.3 Å². The van der Waals surface area contributed by atoms with Gasteiger partial charge in [0.25, 0.3) is 0 Å². The topological polar surface area (TPSA) is 49.3 Å². The van der Waals surface area contributed by atoms with E-state index in [9.17, 15) is 18.0 Å². The van der Waals surface area contributed by atoms with E-state index in [1.807, 2.05) is 0 Å². The van der Waals surface area contributed by atoms with Gasteiger partial charge in [0.05, 0.1) is 15.7 Å². The van der Waals surface area contributed by atoms with Gasteiger partial charge in [-0.15, -0.1) is 0 Å². The maximum atomic E-state index is 13.6. The van der Waals surface area contributed by atoms with Crippen LogP contribution < -0.4 is 5.32 Å². The number of nitrogens with one attached hydrogen (secondary N) is 1.